The summed E-state index contributed by atoms with van der Waals surface area (Å²) in [7, 11) is 0. The first kappa shape index (κ1) is 8.11. The molecule has 62 valence electrons. The molecular formula is C8H15N3. The van der Waals surface area contributed by atoms with Crippen molar-refractivity contribution >= 4 is 5.69 Å². The Morgan fingerprint density at radius 2 is 2.45 bits per heavy atom. The zero-order valence-corrected chi connectivity index (χ0v) is 7.12. The molecule has 0 aliphatic rings. The van der Waals surface area contributed by atoms with Gasteiger partial charge in [-0.2, -0.15) is 5.10 Å². The van der Waals surface area contributed by atoms with Crippen LogP contribution in [0.4, 0.5) is 5.69 Å². The van der Waals surface area contributed by atoms with Crippen LogP contribution in [0, 0.1) is 0 Å². The van der Waals surface area contributed by atoms with Gasteiger partial charge in [-0.15, -0.1) is 0 Å². The summed E-state index contributed by atoms with van der Waals surface area (Å²) in [5.74, 6) is 0. The van der Waals surface area contributed by atoms with Gasteiger partial charge in [0.15, 0.2) is 0 Å². The molecule has 0 radical (unpaired) electrons. The van der Waals surface area contributed by atoms with Gasteiger partial charge in [0.25, 0.3) is 0 Å². The number of nitrogens with zero attached hydrogens (tertiary/aromatic N) is 2. The van der Waals surface area contributed by atoms with Gasteiger partial charge in [-0.25, -0.2) is 0 Å². The SMILES string of the molecule is CCC[C@@H](C)n1cc(N)cn1. The van der Waals surface area contributed by atoms with Crippen LogP contribution in [-0.4, -0.2) is 9.78 Å². The Labute approximate surface area is 67.2 Å². The van der Waals surface area contributed by atoms with Gasteiger partial charge in [0.1, 0.15) is 0 Å². The fourth-order valence-corrected chi connectivity index (χ4v) is 1.14. The molecule has 0 amide bonds. The molecule has 1 aromatic heterocycles. The standard InChI is InChI=1S/C8H15N3/c1-3-4-7(2)11-6-8(9)5-10-11/h5-7H,3-4,9H2,1-2H3/t7-/m1/s1. The normalized spacial score (nSPS) is 13.3. The van der Waals surface area contributed by atoms with Crippen LogP contribution in [0.15, 0.2) is 12.4 Å². The van der Waals surface area contributed by atoms with Crippen LogP contribution in [0.3, 0.4) is 0 Å². The predicted molar refractivity (Wildman–Crippen MR) is 46.3 cm³/mol. The Hall–Kier alpha value is -0.990. The summed E-state index contributed by atoms with van der Waals surface area (Å²) in [6.45, 7) is 4.32. The minimum Gasteiger partial charge on any atom is -0.396 e. The number of hydrogen-bond acceptors (Lipinski definition) is 2. The van der Waals surface area contributed by atoms with Crippen molar-refractivity contribution in [3.8, 4) is 0 Å². The maximum Gasteiger partial charge on any atom is 0.0719 e. The summed E-state index contributed by atoms with van der Waals surface area (Å²) in [5, 5.41) is 4.13. The van der Waals surface area contributed by atoms with E-state index in [0.717, 1.165) is 12.1 Å². The van der Waals surface area contributed by atoms with Gasteiger partial charge in [0.2, 0.25) is 0 Å². The maximum absolute atomic E-state index is 5.53. The van der Waals surface area contributed by atoms with E-state index in [1.807, 2.05) is 10.9 Å². The predicted octanol–water partition coefficient (Wildman–Crippen LogP) is 1.83. The molecule has 0 aliphatic heterocycles. The average molecular weight is 153 g/mol. The molecule has 0 aromatic carbocycles. The van der Waals surface area contributed by atoms with Crippen LogP contribution >= 0.6 is 0 Å². The molecule has 0 fully saturated rings. The lowest BCUT2D eigenvalue weighted by Crippen LogP contribution is -2.04. The second-order valence-corrected chi connectivity index (χ2v) is 2.89. The first-order valence-corrected chi connectivity index (χ1v) is 4.03. The summed E-state index contributed by atoms with van der Waals surface area (Å²) < 4.78 is 1.92. The fraction of sp³-hybridized carbons (Fsp3) is 0.625. The smallest absolute Gasteiger partial charge is 0.0719 e. The Balaban J connectivity index is 2.60. The van der Waals surface area contributed by atoms with Gasteiger partial charge in [-0.1, -0.05) is 13.3 Å². The highest BCUT2D eigenvalue weighted by Crippen LogP contribution is 2.12. The Bertz CT molecular complexity index is 217. The number of aromatic nitrogens is 2. The molecule has 0 bridgehead atoms. The zero-order valence-electron chi connectivity index (χ0n) is 7.12. The third kappa shape index (κ3) is 1.97. The summed E-state index contributed by atoms with van der Waals surface area (Å²) >= 11 is 0. The van der Waals surface area contributed by atoms with Crippen molar-refractivity contribution in [1.29, 1.82) is 0 Å². The van der Waals surface area contributed by atoms with Gasteiger partial charge >= 0.3 is 0 Å². The topological polar surface area (TPSA) is 43.8 Å². The number of anilines is 1. The van der Waals surface area contributed by atoms with Crippen molar-refractivity contribution < 1.29 is 0 Å². The van der Waals surface area contributed by atoms with E-state index >= 15 is 0 Å². The lowest BCUT2D eigenvalue weighted by atomic mass is 10.2. The van der Waals surface area contributed by atoms with Crippen LogP contribution in [0.5, 0.6) is 0 Å². The molecule has 1 aromatic rings. The largest absolute Gasteiger partial charge is 0.396 e. The third-order valence-electron chi connectivity index (χ3n) is 1.78. The van der Waals surface area contributed by atoms with Gasteiger partial charge in [0.05, 0.1) is 11.9 Å². The number of nitrogens with two attached hydrogens (primary N) is 1. The van der Waals surface area contributed by atoms with Crippen LogP contribution < -0.4 is 5.73 Å². The third-order valence-corrected chi connectivity index (χ3v) is 1.78. The summed E-state index contributed by atoms with van der Waals surface area (Å²) in [5.41, 5.74) is 6.27. The summed E-state index contributed by atoms with van der Waals surface area (Å²) in [4.78, 5) is 0. The van der Waals surface area contributed by atoms with Gasteiger partial charge in [-0.3, -0.25) is 4.68 Å². The highest BCUT2D eigenvalue weighted by atomic mass is 15.3. The van der Waals surface area contributed by atoms with Crippen molar-refractivity contribution in [2.45, 2.75) is 32.7 Å². The van der Waals surface area contributed by atoms with Gasteiger partial charge in [-0.05, 0) is 13.3 Å². The molecule has 1 rings (SSSR count). The number of rotatable bonds is 3. The molecule has 0 spiro atoms. The van der Waals surface area contributed by atoms with E-state index in [1.54, 1.807) is 6.20 Å². The van der Waals surface area contributed by atoms with Crippen molar-refractivity contribution in [3.63, 3.8) is 0 Å². The minimum atomic E-state index is 0.470. The zero-order chi connectivity index (χ0) is 8.27. The highest BCUT2D eigenvalue weighted by Gasteiger charge is 2.02. The van der Waals surface area contributed by atoms with Crippen LogP contribution in [0.2, 0.25) is 0 Å². The van der Waals surface area contributed by atoms with Gasteiger partial charge < -0.3 is 5.73 Å². The number of hydrogen-bond donors (Lipinski definition) is 1. The molecule has 0 aliphatic carbocycles. The van der Waals surface area contributed by atoms with Crippen LogP contribution in [0.25, 0.3) is 0 Å². The van der Waals surface area contributed by atoms with E-state index in [0.29, 0.717) is 6.04 Å². The summed E-state index contributed by atoms with van der Waals surface area (Å²) in [6, 6.07) is 0.470. The lowest BCUT2D eigenvalue weighted by molar-refractivity contribution is 0.455. The van der Waals surface area contributed by atoms with Crippen LogP contribution in [-0.2, 0) is 0 Å². The molecule has 3 heteroatoms. The van der Waals surface area contributed by atoms with E-state index in [-0.39, 0.29) is 0 Å². The Morgan fingerprint density at radius 3 is 2.91 bits per heavy atom. The maximum atomic E-state index is 5.53. The first-order chi connectivity index (χ1) is 5.24. The van der Waals surface area contributed by atoms with E-state index in [2.05, 4.69) is 18.9 Å². The van der Waals surface area contributed by atoms with Crippen molar-refractivity contribution in [1.82, 2.24) is 9.78 Å². The lowest BCUT2D eigenvalue weighted by Gasteiger charge is -2.09. The van der Waals surface area contributed by atoms with E-state index in [1.165, 1.54) is 6.42 Å². The second-order valence-electron chi connectivity index (χ2n) is 2.89. The molecule has 0 saturated heterocycles. The number of nitrogen functional groups attached to an aromatic ring is 1. The van der Waals surface area contributed by atoms with E-state index in [9.17, 15) is 0 Å². The molecular weight excluding hydrogens is 138 g/mol. The molecule has 1 heterocycles. The van der Waals surface area contributed by atoms with Crippen molar-refractivity contribution in [2.75, 3.05) is 5.73 Å². The first-order valence-electron chi connectivity index (χ1n) is 4.03. The molecule has 0 unspecified atom stereocenters. The highest BCUT2D eigenvalue weighted by molar-refractivity contribution is 5.30. The van der Waals surface area contributed by atoms with Crippen LogP contribution in [0.1, 0.15) is 32.7 Å². The monoisotopic (exact) mass is 153 g/mol. The van der Waals surface area contributed by atoms with E-state index < -0.39 is 0 Å². The summed E-state index contributed by atoms with van der Waals surface area (Å²) in [6.07, 6.45) is 5.90. The average Bonchev–Trinajstić information content (AvgIpc) is 2.36. The molecule has 3 nitrogen and oxygen atoms in total. The quantitative estimate of drug-likeness (QED) is 0.719. The van der Waals surface area contributed by atoms with Gasteiger partial charge in [0, 0.05) is 12.2 Å². The van der Waals surface area contributed by atoms with Crippen molar-refractivity contribution in [3.05, 3.63) is 12.4 Å². The second kappa shape index (κ2) is 3.42. The minimum absolute atomic E-state index is 0.470. The molecule has 0 saturated carbocycles. The molecule has 2 N–H and O–H groups in total. The molecule has 11 heavy (non-hydrogen) atoms. The van der Waals surface area contributed by atoms with E-state index in [4.69, 9.17) is 5.73 Å². The Kier molecular flexibility index (Phi) is 2.52. The fourth-order valence-electron chi connectivity index (χ4n) is 1.14. The van der Waals surface area contributed by atoms with Crippen molar-refractivity contribution in [2.24, 2.45) is 0 Å². The molecule has 1 atom stereocenters. The Morgan fingerprint density at radius 1 is 1.73 bits per heavy atom.